The van der Waals surface area contributed by atoms with Crippen LogP contribution in [-0.2, 0) is 12.4 Å². The van der Waals surface area contributed by atoms with Gasteiger partial charge in [-0.2, -0.15) is 16.4 Å². The van der Waals surface area contributed by atoms with Crippen molar-refractivity contribution in [3.8, 4) is 11.3 Å². The molecule has 2 aromatic rings. The van der Waals surface area contributed by atoms with Gasteiger partial charge in [0, 0.05) is 10.9 Å². The Morgan fingerprint density at radius 2 is 2.40 bits per heavy atom. The van der Waals surface area contributed by atoms with Crippen molar-refractivity contribution in [3.63, 3.8) is 0 Å². The highest BCUT2D eigenvalue weighted by Gasteiger charge is 2.08. The van der Waals surface area contributed by atoms with Gasteiger partial charge in [0.25, 0.3) is 0 Å². The van der Waals surface area contributed by atoms with Crippen molar-refractivity contribution in [2.75, 3.05) is 6.67 Å². The van der Waals surface area contributed by atoms with E-state index in [-0.39, 0.29) is 6.54 Å². The molecule has 0 unspecified atom stereocenters. The first kappa shape index (κ1) is 10.6. The van der Waals surface area contributed by atoms with Crippen LogP contribution in [0.1, 0.15) is 5.69 Å². The number of thiophene rings is 1. The van der Waals surface area contributed by atoms with E-state index in [9.17, 15) is 4.39 Å². The lowest BCUT2D eigenvalue weighted by molar-refractivity contribution is 0.423. The van der Waals surface area contributed by atoms with E-state index in [4.69, 9.17) is 11.6 Å². The van der Waals surface area contributed by atoms with E-state index in [2.05, 4.69) is 5.10 Å². The molecule has 5 heteroatoms. The minimum absolute atomic E-state index is 0.270. The van der Waals surface area contributed by atoms with E-state index in [0.29, 0.717) is 5.88 Å². The standard InChI is InChI=1S/C10H10ClFN2S/c11-6-9-5-10(8-1-4-15-7-8)13-14(9)3-2-12/h1,4-5,7H,2-3,6H2. The molecule has 0 spiro atoms. The third kappa shape index (κ3) is 2.21. The van der Waals surface area contributed by atoms with Gasteiger partial charge in [-0.05, 0) is 17.5 Å². The Morgan fingerprint density at radius 1 is 1.53 bits per heavy atom. The zero-order valence-corrected chi connectivity index (χ0v) is 9.56. The van der Waals surface area contributed by atoms with Gasteiger partial charge < -0.3 is 0 Å². The maximum Gasteiger partial charge on any atom is 0.109 e. The summed E-state index contributed by atoms with van der Waals surface area (Å²) in [7, 11) is 0. The molecular formula is C10H10ClFN2S. The van der Waals surface area contributed by atoms with Crippen LogP contribution in [0.25, 0.3) is 11.3 Å². The number of rotatable bonds is 4. The highest BCUT2D eigenvalue weighted by molar-refractivity contribution is 7.08. The molecule has 0 saturated heterocycles. The van der Waals surface area contributed by atoms with Gasteiger partial charge >= 0.3 is 0 Å². The third-order valence-corrected chi connectivity index (χ3v) is 3.07. The smallest absolute Gasteiger partial charge is 0.109 e. The van der Waals surface area contributed by atoms with Crippen LogP contribution in [0.2, 0.25) is 0 Å². The molecule has 2 heterocycles. The number of nitrogens with zero attached hydrogens (tertiary/aromatic N) is 2. The Balaban J connectivity index is 2.34. The molecule has 0 saturated carbocycles. The molecule has 0 radical (unpaired) electrons. The molecular weight excluding hydrogens is 235 g/mol. The Bertz CT molecular complexity index is 425. The monoisotopic (exact) mass is 244 g/mol. The molecule has 80 valence electrons. The fourth-order valence-electron chi connectivity index (χ4n) is 1.39. The van der Waals surface area contributed by atoms with Gasteiger partial charge in [0.1, 0.15) is 6.67 Å². The fourth-order valence-corrected chi connectivity index (χ4v) is 2.25. The summed E-state index contributed by atoms with van der Waals surface area (Å²) in [5.74, 6) is 0.358. The lowest BCUT2D eigenvalue weighted by Crippen LogP contribution is -2.05. The van der Waals surface area contributed by atoms with Crippen LogP contribution in [0.4, 0.5) is 4.39 Å². The van der Waals surface area contributed by atoms with Gasteiger partial charge in [-0.3, -0.25) is 4.68 Å². The highest BCUT2D eigenvalue weighted by atomic mass is 35.5. The van der Waals surface area contributed by atoms with Gasteiger partial charge in [-0.1, -0.05) is 0 Å². The van der Waals surface area contributed by atoms with Crippen LogP contribution in [-0.4, -0.2) is 16.5 Å². The molecule has 0 atom stereocenters. The van der Waals surface area contributed by atoms with Crippen molar-refractivity contribution >= 4 is 22.9 Å². The summed E-state index contributed by atoms with van der Waals surface area (Å²) in [4.78, 5) is 0. The summed E-state index contributed by atoms with van der Waals surface area (Å²) in [6.07, 6.45) is 0. The van der Waals surface area contributed by atoms with E-state index in [1.54, 1.807) is 16.0 Å². The van der Waals surface area contributed by atoms with E-state index in [1.807, 2.05) is 22.9 Å². The van der Waals surface area contributed by atoms with Crippen LogP contribution >= 0.6 is 22.9 Å². The topological polar surface area (TPSA) is 17.8 Å². The van der Waals surface area contributed by atoms with Crippen molar-refractivity contribution in [2.45, 2.75) is 12.4 Å². The van der Waals surface area contributed by atoms with E-state index >= 15 is 0 Å². The molecule has 2 aromatic heterocycles. The van der Waals surface area contributed by atoms with Crippen molar-refractivity contribution in [2.24, 2.45) is 0 Å². The van der Waals surface area contributed by atoms with Gasteiger partial charge in [-0.25, -0.2) is 4.39 Å². The van der Waals surface area contributed by atoms with Gasteiger partial charge in [0.2, 0.25) is 0 Å². The fraction of sp³-hybridized carbons (Fsp3) is 0.300. The normalized spacial score (nSPS) is 10.8. The summed E-state index contributed by atoms with van der Waals surface area (Å²) < 4.78 is 13.9. The molecule has 2 rings (SSSR count). The van der Waals surface area contributed by atoms with Crippen LogP contribution in [0.5, 0.6) is 0 Å². The molecule has 0 aliphatic heterocycles. The summed E-state index contributed by atoms with van der Waals surface area (Å²) >= 11 is 7.38. The third-order valence-electron chi connectivity index (χ3n) is 2.11. The lowest BCUT2D eigenvalue weighted by Gasteiger charge is -1.99. The first-order valence-electron chi connectivity index (χ1n) is 4.56. The van der Waals surface area contributed by atoms with Crippen molar-refractivity contribution in [3.05, 3.63) is 28.6 Å². The Hall–Kier alpha value is -0.870. The van der Waals surface area contributed by atoms with Gasteiger partial charge in [0.15, 0.2) is 0 Å². The molecule has 2 nitrogen and oxygen atoms in total. The number of alkyl halides is 2. The summed E-state index contributed by atoms with van der Waals surface area (Å²) in [6, 6.07) is 3.90. The molecule has 0 aromatic carbocycles. The second-order valence-corrected chi connectivity index (χ2v) is 4.13. The predicted molar refractivity (Wildman–Crippen MR) is 61.1 cm³/mol. The van der Waals surface area contributed by atoms with Crippen molar-refractivity contribution < 1.29 is 4.39 Å². The quantitative estimate of drug-likeness (QED) is 0.755. The molecule has 0 fully saturated rings. The van der Waals surface area contributed by atoms with Gasteiger partial charge in [-0.15, -0.1) is 11.6 Å². The minimum Gasteiger partial charge on any atom is -0.265 e. The predicted octanol–water partition coefficient (Wildman–Crippen LogP) is 3.32. The first-order valence-corrected chi connectivity index (χ1v) is 6.04. The number of aryl methyl sites for hydroxylation is 1. The van der Waals surface area contributed by atoms with Gasteiger partial charge in [0.05, 0.1) is 23.8 Å². The molecule has 0 N–H and O–H groups in total. The summed E-state index contributed by atoms with van der Waals surface area (Å²) in [5, 5.41) is 8.32. The van der Waals surface area contributed by atoms with E-state index in [1.165, 1.54) is 0 Å². The van der Waals surface area contributed by atoms with Crippen LogP contribution in [0, 0.1) is 0 Å². The summed E-state index contributed by atoms with van der Waals surface area (Å²) in [5.41, 5.74) is 2.78. The number of hydrogen-bond donors (Lipinski definition) is 0. The summed E-state index contributed by atoms with van der Waals surface area (Å²) in [6.45, 7) is -0.152. The number of aromatic nitrogens is 2. The Morgan fingerprint density at radius 3 is 3.00 bits per heavy atom. The zero-order chi connectivity index (χ0) is 10.7. The van der Waals surface area contributed by atoms with Crippen LogP contribution < -0.4 is 0 Å². The van der Waals surface area contributed by atoms with Crippen LogP contribution in [0.3, 0.4) is 0 Å². The Labute approximate surface area is 96.3 Å². The molecule has 15 heavy (non-hydrogen) atoms. The van der Waals surface area contributed by atoms with E-state index < -0.39 is 6.67 Å². The SMILES string of the molecule is FCCn1nc(-c2ccsc2)cc1CCl. The van der Waals surface area contributed by atoms with Crippen molar-refractivity contribution in [1.29, 1.82) is 0 Å². The van der Waals surface area contributed by atoms with Crippen molar-refractivity contribution in [1.82, 2.24) is 9.78 Å². The second kappa shape index (κ2) is 4.77. The average molecular weight is 245 g/mol. The van der Waals surface area contributed by atoms with Crippen LogP contribution in [0.15, 0.2) is 22.9 Å². The first-order chi connectivity index (χ1) is 7.35. The van der Waals surface area contributed by atoms with E-state index in [0.717, 1.165) is 17.0 Å². The molecule has 0 aliphatic carbocycles. The largest absolute Gasteiger partial charge is 0.265 e. The number of halogens is 2. The maximum atomic E-state index is 12.2. The maximum absolute atomic E-state index is 12.2. The molecule has 0 bridgehead atoms. The zero-order valence-electron chi connectivity index (χ0n) is 7.99. The molecule has 0 amide bonds. The minimum atomic E-state index is -0.422. The Kier molecular flexibility index (Phi) is 3.38. The number of hydrogen-bond acceptors (Lipinski definition) is 2. The lowest BCUT2D eigenvalue weighted by atomic mass is 10.2. The second-order valence-electron chi connectivity index (χ2n) is 3.08. The highest BCUT2D eigenvalue weighted by Crippen LogP contribution is 2.22. The average Bonchev–Trinajstić information content (AvgIpc) is 2.84. The molecule has 0 aliphatic rings.